The number of nitrogens with zero attached hydrogens (tertiary/aromatic N) is 3. The second-order valence-corrected chi connectivity index (χ2v) is 10.7. The Morgan fingerprint density at radius 2 is 1.69 bits per heavy atom. The molecule has 3 heterocycles. The van der Waals surface area contributed by atoms with Gasteiger partial charge in [0.2, 0.25) is 0 Å². The van der Waals surface area contributed by atoms with Crippen molar-refractivity contribution in [3.63, 3.8) is 0 Å². The van der Waals surface area contributed by atoms with Gasteiger partial charge in [-0.3, -0.25) is 9.69 Å². The van der Waals surface area contributed by atoms with Crippen LogP contribution in [0.15, 0.2) is 60.7 Å². The largest absolute Gasteiger partial charge is 0.307 e. The van der Waals surface area contributed by atoms with Gasteiger partial charge in [-0.25, -0.2) is 4.98 Å². The summed E-state index contributed by atoms with van der Waals surface area (Å²) < 4.78 is 0. The zero-order valence-corrected chi connectivity index (χ0v) is 21.9. The lowest BCUT2D eigenvalue weighted by Crippen LogP contribution is -2.46. The number of fused-ring (bicyclic) bond motifs is 2. The lowest BCUT2D eigenvalue weighted by molar-refractivity contribution is 0.0977. The molecule has 1 saturated heterocycles. The Hall–Kier alpha value is -2.08. The number of hydrogen-bond donors (Lipinski definition) is 0. The summed E-state index contributed by atoms with van der Waals surface area (Å²) in [4.78, 5) is 21.7. The highest BCUT2D eigenvalue weighted by molar-refractivity contribution is 6.33. The van der Waals surface area contributed by atoms with Gasteiger partial charge >= 0.3 is 0 Å². The zero-order valence-electron chi connectivity index (χ0n) is 18.9. The average Bonchev–Trinajstić information content (AvgIpc) is 3.13. The van der Waals surface area contributed by atoms with Crippen LogP contribution in [0.2, 0.25) is 20.4 Å². The van der Waals surface area contributed by atoms with Crippen molar-refractivity contribution in [3.8, 4) is 0 Å². The van der Waals surface area contributed by atoms with Crippen molar-refractivity contribution in [2.24, 2.45) is 0 Å². The van der Waals surface area contributed by atoms with Crippen molar-refractivity contribution >= 4 is 64.1 Å². The van der Waals surface area contributed by atoms with Crippen LogP contribution in [-0.4, -0.2) is 42.0 Å². The predicted octanol–water partition coefficient (Wildman–Crippen LogP) is 7.40. The van der Waals surface area contributed by atoms with Gasteiger partial charge < -0.3 is 4.90 Å². The van der Waals surface area contributed by atoms with E-state index in [1.54, 1.807) is 12.1 Å². The monoisotopic (exact) mass is 545 g/mol. The molecule has 2 aromatic carbocycles. The van der Waals surface area contributed by atoms with Crippen molar-refractivity contribution < 1.29 is 4.79 Å². The van der Waals surface area contributed by atoms with Crippen LogP contribution < -0.4 is 4.90 Å². The fraction of sp³-hybridized carbons (Fsp3) is 0.259. The van der Waals surface area contributed by atoms with Crippen molar-refractivity contribution in [1.29, 1.82) is 0 Å². The molecule has 8 heteroatoms. The second kappa shape index (κ2) is 10.1. The van der Waals surface area contributed by atoms with E-state index in [-0.39, 0.29) is 21.6 Å². The van der Waals surface area contributed by atoms with Gasteiger partial charge in [0.25, 0.3) is 5.91 Å². The van der Waals surface area contributed by atoms with Crippen LogP contribution >= 0.6 is 46.4 Å². The molecule has 0 aliphatic carbocycles. The summed E-state index contributed by atoms with van der Waals surface area (Å²) in [6.45, 7) is 3.30. The number of rotatable bonds is 4. The minimum atomic E-state index is -0.139. The van der Waals surface area contributed by atoms with Crippen molar-refractivity contribution in [3.05, 3.63) is 97.7 Å². The fourth-order valence-corrected chi connectivity index (χ4v) is 5.93. The summed E-state index contributed by atoms with van der Waals surface area (Å²) in [5.41, 5.74) is 3.34. The van der Waals surface area contributed by atoms with Gasteiger partial charge in [-0.2, -0.15) is 0 Å². The topological polar surface area (TPSA) is 36.4 Å². The van der Waals surface area contributed by atoms with Crippen LogP contribution in [0, 0.1) is 0 Å². The van der Waals surface area contributed by atoms with Crippen LogP contribution in [0.1, 0.15) is 34.3 Å². The molecule has 4 nitrogen and oxygen atoms in total. The van der Waals surface area contributed by atoms with Gasteiger partial charge in [0.1, 0.15) is 10.3 Å². The highest BCUT2D eigenvalue weighted by Crippen LogP contribution is 2.48. The Balaban J connectivity index is 1.34. The Bertz CT molecular complexity index is 1280. The molecule has 2 aliphatic heterocycles. The van der Waals surface area contributed by atoms with E-state index in [9.17, 15) is 4.79 Å². The van der Waals surface area contributed by atoms with Crippen molar-refractivity contribution in [1.82, 2.24) is 9.88 Å². The first-order valence-electron chi connectivity index (χ1n) is 11.4. The number of halogens is 4. The van der Waals surface area contributed by atoms with E-state index in [0.717, 1.165) is 54.3 Å². The Kier molecular flexibility index (Phi) is 7.11. The molecule has 0 unspecified atom stereocenters. The van der Waals surface area contributed by atoms with E-state index in [4.69, 9.17) is 46.4 Å². The summed E-state index contributed by atoms with van der Waals surface area (Å²) in [5.74, 6) is -0.137. The predicted molar refractivity (Wildman–Crippen MR) is 145 cm³/mol. The van der Waals surface area contributed by atoms with E-state index in [2.05, 4.69) is 22.0 Å². The second-order valence-electron chi connectivity index (χ2n) is 9.06. The minimum Gasteiger partial charge on any atom is -0.307 e. The SMILES string of the molecule is O=C(c1cc(Cl)nc(Cl)c1)N1CC2(CCN(C/C=C/c3ccccc3Cl)CC2)c2cc(Cl)ccc21. The molecule has 5 rings (SSSR count). The van der Waals surface area contributed by atoms with E-state index in [0.29, 0.717) is 17.1 Å². The number of carbonyl (C=O) groups is 1. The fourth-order valence-electron chi connectivity index (χ4n) is 5.10. The third-order valence-corrected chi connectivity index (χ3v) is 7.88. The highest BCUT2D eigenvalue weighted by atomic mass is 35.5. The van der Waals surface area contributed by atoms with Crippen molar-refractivity contribution in [2.45, 2.75) is 18.3 Å². The van der Waals surface area contributed by atoms with Crippen LogP contribution in [0.25, 0.3) is 6.08 Å². The minimum absolute atomic E-state index is 0.137. The Morgan fingerprint density at radius 3 is 2.40 bits per heavy atom. The van der Waals surface area contributed by atoms with Crippen LogP contribution in [0.4, 0.5) is 5.69 Å². The Labute approximate surface area is 225 Å². The van der Waals surface area contributed by atoms with Crippen LogP contribution in [0.3, 0.4) is 0 Å². The first kappa shape index (κ1) is 24.6. The maximum atomic E-state index is 13.5. The molecular formula is C27H23Cl4N3O. The smallest absolute Gasteiger partial charge is 0.258 e. The van der Waals surface area contributed by atoms with Gasteiger partial charge in [-0.1, -0.05) is 76.8 Å². The van der Waals surface area contributed by atoms with Crippen LogP contribution in [0.5, 0.6) is 0 Å². The molecule has 0 saturated carbocycles. The quantitative estimate of drug-likeness (QED) is 0.320. The summed E-state index contributed by atoms with van der Waals surface area (Å²) in [6.07, 6.45) is 6.10. The number of benzene rings is 2. The zero-order chi connectivity index (χ0) is 24.6. The Morgan fingerprint density at radius 1 is 0.971 bits per heavy atom. The lowest BCUT2D eigenvalue weighted by Gasteiger charge is -2.39. The molecule has 0 atom stereocenters. The lowest BCUT2D eigenvalue weighted by atomic mass is 9.74. The van der Waals surface area contributed by atoms with Gasteiger partial charge in [0.15, 0.2) is 0 Å². The maximum absolute atomic E-state index is 13.5. The molecule has 1 aromatic heterocycles. The number of carbonyl (C=O) groups excluding carboxylic acids is 1. The van der Waals surface area contributed by atoms with Gasteiger partial charge in [0.05, 0.1) is 0 Å². The molecule has 180 valence electrons. The van der Waals surface area contributed by atoms with E-state index in [1.165, 1.54) is 0 Å². The molecule has 2 aliphatic rings. The van der Waals surface area contributed by atoms with E-state index < -0.39 is 0 Å². The van der Waals surface area contributed by atoms with Gasteiger partial charge in [-0.05, 0) is 73.5 Å². The number of piperidine rings is 1. The standard InChI is InChI=1S/C27H23Cl4N3O/c28-20-7-8-23-21(16-20)27(17-34(23)26(35)19-14-24(30)32-25(31)15-19)9-12-33(13-10-27)11-3-5-18-4-1-2-6-22(18)29/h1-8,14-16H,9-13,17H2/b5-3+. The molecule has 35 heavy (non-hydrogen) atoms. The maximum Gasteiger partial charge on any atom is 0.258 e. The molecule has 0 bridgehead atoms. The molecule has 3 aromatic rings. The van der Waals surface area contributed by atoms with E-state index in [1.807, 2.05) is 47.4 Å². The third kappa shape index (κ3) is 5.09. The number of hydrogen-bond acceptors (Lipinski definition) is 3. The first-order chi connectivity index (χ1) is 16.8. The summed E-state index contributed by atoms with van der Waals surface area (Å²) >= 11 is 24.8. The summed E-state index contributed by atoms with van der Waals surface area (Å²) in [7, 11) is 0. The molecule has 1 fully saturated rings. The molecule has 0 radical (unpaired) electrons. The molecule has 1 spiro atoms. The highest BCUT2D eigenvalue weighted by Gasteiger charge is 2.46. The van der Waals surface area contributed by atoms with Gasteiger partial charge in [0, 0.05) is 39.8 Å². The third-order valence-electron chi connectivity index (χ3n) is 6.92. The first-order valence-corrected chi connectivity index (χ1v) is 12.9. The molecular weight excluding hydrogens is 524 g/mol. The average molecular weight is 547 g/mol. The number of pyridine rings is 1. The molecule has 1 amide bonds. The number of aromatic nitrogens is 1. The van der Waals surface area contributed by atoms with Crippen molar-refractivity contribution in [2.75, 3.05) is 31.1 Å². The van der Waals surface area contributed by atoms with E-state index >= 15 is 0 Å². The number of likely N-dealkylation sites (tertiary alicyclic amines) is 1. The van der Waals surface area contributed by atoms with Crippen LogP contribution in [-0.2, 0) is 5.41 Å². The number of amides is 1. The van der Waals surface area contributed by atoms with Gasteiger partial charge in [-0.15, -0.1) is 0 Å². The summed E-state index contributed by atoms with van der Waals surface area (Å²) in [5, 5.41) is 1.83. The molecule has 0 N–H and O–H groups in total. The normalized spacial score (nSPS) is 17.3. The summed E-state index contributed by atoms with van der Waals surface area (Å²) in [6, 6.07) is 16.7. The number of anilines is 1.